The van der Waals surface area contributed by atoms with Gasteiger partial charge in [-0.15, -0.1) is 0 Å². The third-order valence-corrected chi connectivity index (χ3v) is 3.26. The Morgan fingerprint density at radius 1 is 1.41 bits per heavy atom. The van der Waals surface area contributed by atoms with Crippen LogP contribution < -0.4 is 0 Å². The van der Waals surface area contributed by atoms with Gasteiger partial charge < -0.3 is 9.52 Å². The van der Waals surface area contributed by atoms with Crippen LogP contribution in [0.2, 0.25) is 0 Å². The van der Waals surface area contributed by atoms with E-state index in [2.05, 4.69) is 4.98 Å². The van der Waals surface area contributed by atoms with Gasteiger partial charge in [0.1, 0.15) is 10.8 Å². The lowest BCUT2D eigenvalue weighted by Gasteiger charge is -2.03. The third kappa shape index (κ3) is 2.68. The number of carboxylic acids is 1. The van der Waals surface area contributed by atoms with E-state index in [9.17, 15) is 4.79 Å². The number of nitrogens with zero attached hydrogens (tertiary/aromatic N) is 1. The van der Waals surface area contributed by atoms with E-state index in [4.69, 9.17) is 9.52 Å². The van der Waals surface area contributed by atoms with Crippen LogP contribution in [-0.4, -0.2) is 16.1 Å². The normalized spacial score (nSPS) is 10.5. The van der Waals surface area contributed by atoms with E-state index in [1.165, 1.54) is 11.8 Å². The maximum atomic E-state index is 10.9. The van der Waals surface area contributed by atoms with E-state index >= 15 is 0 Å². The standard InChI is InChI=1S/C12H11NO3S/c1-7-5-9(12(14)15)6-11(13-7)17-10-3-4-16-8(10)2/h3-6H,1-2H3,(H,14,15). The Morgan fingerprint density at radius 3 is 2.76 bits per heavy atom. The van der Waals surface area contributed by atoms with Crippen LogP contribution in [0.3, 0.4) is 0 Å². The van der Waals surface area contributed by atoms with Gasteiger partial charge in [0.05, 0.1) is 16.7 Å². The van der Waals surface area contributed by atoms with Crippen molar-refractivity contribution in [1.82, 2.24) is 4.98 Å². The van der Waals surface area contributed by atoms with Crippen LogP contribution in [0.4, 0.5) is 0 Å². The van der Waals surface area contributed by atoms with E-state index in [-0.39, 0.29) is 5.56 Å². The molecular weight excluding hydrogens is 238 g/mol. The van der Waals surface area contributed by atoms with Gasteiger partial charge in [-0.1, -0.05) is 11.8 Å². The largest absolute Gasteiger partial charge is 0.478 e. The Balaban J connectivity index is 2.33. The number of aromatic carboxylic acids is 1. The molecule has 2 rings (SSSR count). The van der Waals surface area contributed by atoms with Gasteiger partial charge in [-0.05, 0) is 32.0 Å². The van der Waals surface area contributed by atoms with Crippen LogP contribution in [-0.2, 0) is 0 Å². The molecule has 17 heavy (non-hydrogen) atoms. The van der Waals surface area contributed by atoms with Crippen molar-refractivity contribution in [3.05, 3.63) is 41.5 Å². The topological polar surface area (TPSA) is 63.3 Å². The molecule has 0 atom stereocenters. The average Bonchev–Trinajstić information content (AvgIpc) is 2.63. The summed E-state index contributed by atoms with van der Waals surface area (Å²) < 4.78 is 5.18. The minimum Gasteiger partial charge on any atom is -0.478 e. The number of hydrogen-bond acceptors (Lipinski definition) is 4. The van der Waals surface area contributed by atoms with Gasteiger partial charge in [-0.3, -0.25) is 0 Å². The molecule has 2 heterocycles. The summed E-state index contributed by atoms with van der Waals surface area (Å²) in [5, 5.41) is 9.62. The molecule has 0 radical (unpaired) electrons. The van der Waals surface area contributed by atoms with Crippen molar-refractivity contribution in [3.63, 3.8) is 0 Å². The van der Waals surface area contributed by atoms with Crippen LogP contribution in [0.15, 0.2) is 38.8 Å². The summed E-state index contributed by atoms with van der Waals surface area (Å²) in [6, 6.07) is 4.95. The molecule has 0 fully saturated rings. The fourth-order valence-electron chi connectivity index (χ4n) is 1.41. The first-order valence-electron chi connectivity index (χ1n) is 5.00. The summed E-state index contributed by atoms with van der Waals surface area (Å²) in [6.45, 7) is 3.63. The predicted molar refractivity (Wildman–Crippen MR) is 63.5 cm³/mol. The van der Waals surface area contributed by atoms with Gasteiger partial charge in [0, 0.05) is 5.69 Å². The van der Waals surface area contributed by atoms with Crippen molar-refractivity contribution in [2.75, 3.05) is 0 Å². The zero-order valence-corrected chi connectivity index (χ0v) is 10.2. The van der Waals surface area contributed by atoms with Gasteiger partial charge in [-0.25, -0.2) is 9.78 Å². The van der Waals surface area contributed by atoms with Crippen LogP contribution in [0.25, 0.3) is 0 Å². The number of pyridine rings is 1. The Labute approximate surface area is 103 Å². The van der Waals surface area contributed by atoms with Gasteiger partial charge in [0.15, 0.2) is 0 Å². The molecule has 88 valence electrons. The van der Waals surface area contributed by atoms with Gasteiger partial charge in [0.2, 0.25) is 0 Å². The monoisotopic (exact) mass is 249 g/mol. The highest BCUT2D eigenvalue weighted by atomic mass is 32.2. The SMILES string of the molecule is Cc1cc(C(=O)O)cc(Sc2ccoc2C)n1. The molecule has 0 bridgehead atoms. The van der Waals surface area contributed by atoms with Crippen LogP contribution in [0.5, 0.6) is 0 Å². The Hall–Kier alpha value is -1.75. The molecule has 0 aliphatic heterocycles. The zero-order chi connectivity index (χ0) is 12.4. The molecule has 0 saturated carbocycles. The van der Waals surface area contributed by atoms with Crippen molar-refractivity contribution in [2.45, 2.75) is 23.8 Å². The predicted octanol–water partition coefficient (Wildman–Crippen LogP) is 3.14. The fourth-order valence-corrected chi connectivity index (χ4v) is 2.32. The molecule has 0 unspecified atom stereocenters. The number of aryl methyl sites for hydroxylation is 2. The number of carboxylic acid groups (broad SMARTS) is 1. The first-order valence-corrected chi connectivity index (χ1v) is 5.82. The minimum atomic E-state index is -0.943. The molecular formula is C12H11NO3S. The second-order valence-electron chi connectivity index (χ2n) is 3.58. The molecule has 0 aliphatic carbocycles. The van der Waals surface area contributed by atoms with Gasteiger partial charge in [0.25, 0.3) is 0 Å². The summed E-state index contributed by atoms with van der Waals surface area (Å²) in [6.07, 6.45) is 1.60. The van der Waals surface area contributed by atoms with E-state index in [0.717, 1.165) is 10.7 Å². The number of rotatable bonds is 3. The first-order chi connectivity index (χ1) is 8.06. The van der Waals surface area contributed by atoms with Crippen molar-refractivity contribution < 1.29 is 14.3 Å². The second-order valence-corrected chi connectivity index (χ2v) is 4.65. The van der Waals surface area contributed by atoms with Gasteiger partial charge >= 0.3 is 5.97 Å². The molecule has 0 saturated heterocycles. The molecule has 1 N–H and O–H groups in total. The van der Waals surface area contributed by atoms with Gasteiger partial charge in [-0.2, -0.15) is 0 Å². The summed E-state index contributed by atoms with van der Waals surface area (Å²) in [5.74, 6) is -0.142. The lowest BCUT2D eigenvalue weighted by atomic mass is 10.2. The number of hydrogen-bond donors (Lipinski definition) is 1. The number of furan rings is 1. The molecule has 0 spiro atoms. The number of carbonyl (C=O) groups is 1. The highest BCUT2D eigenvalue weighted by molar-refractivity contribution is 7.99. The quantitative estimate of drug-likeness (QED) is 0.905. The lowest BCUT2D eigenvalue weighted by molar-refractivity contribution is 0.0696. The van der Waals surface area contributed by atoms with Crippen molar-refractivity contribution in [2.24, 2.45) is 0 Å². The fraction of sp³-hybridized carbons (Fsp3) is 0.167. The molecule has 2 aromatic heterocycles. The van der Waals surface area contributed by atoms with Crippen molar-refractivity contribution >= 4 is 17.7 Å². The molecule has 5 heteroatoms. The summed E-state index contributed by atoms with van der Waals surface area (Å²) in [4.78, 5) is 16.2. The Morgan fingerprint density at radius 2 is 2.18 bits per heavy atom. The molecule has 0 aromatic carbocycles. The van der Waals surface area contributed by atoms with Crippen LogP contribution >= 0.6 is 11.8 Å². The van der Waals surface area contributed by atoms with E-state index < -0.39 is 5.97 Å². The first kappa shape index (κ1) is 11.7. The van der Waals surface area contributed by atoms with E-state index in [1.54, 1.807) is 25.3 Å². The smallest absolute Gasteiger partial charge is 0.335 e. The van der Waals surface area contributed by atoms with Crippen LogP contribution in [0, 0.1) is 13.8 Å². The average molecular weight is 249 g/mol. The van der Waals surface area contributed by atoms with Crippen molar-refractivity contribution in [1.29, 1.82) is 0 Å². The molecule has 2 aromatic rings. The Bertz CT molecular complexity index is 563. The molecule has 0 aliphatic rings. The highest BCUT2D eigenvalue weighted by Gasteiger charge is 2.09. The Kier molecular flexibility index (Phi) is 3.19. The third-order valence-electron chi connectivity index (χ3n) is 2.20. The van der Waals surface area contributed by atoms with E-state index in [0.29, 0.717) is 10.7 Å². The maximum absolute atomic E-state index is 10.9. The summed E-state index contributed by atoms with van der Waals surface area (Å²) in [5.41, 5.74) is 0.940. The minimum absolute atomic E-state index is 0.251. The summed E-state index contributed by atoms with van der Waals surface area (Å²) in [7, 11) is 0. The zero-order valence-electron chi connectivity index (χ0n) is 9.43. The molecule has 0 amide bonds. The number of aromatic nitrogens is 1. The van der Waals surface area contributed by atoms with Crippen molar-refractivity contribution in [3.8, 4) is 0 Å². The maximum Gasteiger partial charge on any atom is 0.335 e. The van der Waals surface area contributed by atoms with E-state index in [1.807, 2.05) is 13.0 Å². The molecule has 4 nitrogen and oxygen atoms in total. The second kappa shape index (κ2) is 4.63. The van der Waals surface area contributed by atoms with Crippen LogP contribution in [0.1, 0.15) is 21.8 Å². The summed E-state index contributed by atoms with van der Waals surface area (Å²) >= 11 is 1.40. The highest BCUT2D eigenvalue weighted by Crippen LogP contribution is 2.30. The lowest BCUT2D eigenvalue weighted by Crippen LogP contribution is -1.98.